The minimum absolute atomic E-state index is 0.0838. The van der Waals surface area contributed by atoms with Crippen LogP contribution in [-0.2, 0) is 16.1 Å². The molecule has 0 saturated carbocycles. The summed E-state index contributed by atoms with van der Waals surface area (Å²) < 4.78 is 6.20. The molecular weight excluding hydrogens is 340 g/mol. The van der Waals surface area contributed by atoms with Crippen molar-refractivity contribution in [1.82, 2.24) is 20.4 Å². The van der Waals surface area contributed by atoms with E-state index in [4.69, 9.17) is 4.74 Å². The minimum Gasteiger partial charge on any atom is -0.448 e. The summed E-state index contributed by atoms with van der Waals surface area (Å²) in [6, 6.07) is 1.78. The van der Waals surface area contributed by atoms with Gasteiger partial charge in [0.05, 0.1) is 0 Å². The molecule has 26 heavy (non-hydrogen) atoms. The second kappa shape index (κ2) is 9.12. The summed E-state index contributed by atoms with van der Waals surface area (Å²) >= 11 is 0. The summed E-state index contributed by atoms with van der Waals surface area (Å²) in [4.78, 5) is 47.5. The third kappa shape index (κ3) is 7.04. The largest absolute Gasteiger partial charge is 0.448 e. The number of amides is 3. The second-order valence-corrected chi connectivity index (χ2v) is 6.87. The number of nitrogens with zero attached hydrogens (tertiary/aromatic N) is 2. The third-order valence-electron chi connectivity index (χ3n) is 3.18. The molecular formula is C17H26N4O5. The fourth-order valence-electron chi connectivity index (χ4n) is 1.89. The van der Waals surface area contributed by atoms with E-state index in [1.54, 1.807) is 20.8 Å². The zero-order valence-corrected chi connectivity index (χ0v) is 15.8. The number of imide groups is 1. The van der Waals surface area contributed by atoms with Crippen LogP contribution in [0.4, 0.5) is 4.79 Å². The molecule has 9 nitrogen and oxygen atoms in total. The van der Waals surface area contributed by atoms with Gasteiger partial charge in [-0.1, -0.05) is 13.3 Å². The number of urea groups is 1. The number of ether oxygens (including phenoxy) is 1. The van der Waals surface area contributed by atoms with Crippen molar-refractivity contribution >= 4 is 17.9 Å². The summed E-state index contributed by atoms with van der Waals surface area (Å²) in [6.45, 7) is 8.99. The minimum atomic E-state index is -1.20. The number of esters is 1. The average molecular weight is 366 g/mol. The molecule has 0 aromatic carbocycles. The maximum Gasteiger partial charge on any atom is 0.359 e. The maximum atomic E-state index is 12.1. The predicted octanol–water partition coefficient (Wildman–Crippen LogP) is 1.21. The number of carbonyl (C=O) groups excluding carboxylic acids is 3. The van der Waals surface area contributed by atoms with Crippen LogP contribution >= 0.6 is 0 Å². The van der Waals surface area contributed by atoms with E-state index in [1.807, 2.05) is 6.92 Å². The van der Waals surface area contributed by atoms with E-state index in [-0.39, 0.29) is 11.3 Å². The molecule has 9 heteroatoms. The molecule has 0 aliphatic carbocycles. The molecule has 1 aromatic rings. The van der Waals surface area contributed by atoms with Crippen LogP contribution in [0.1, 0.15) is 57.9 Å². The van der Waals surface area contributed by atoms with Gasteiger partial charge in [-0.15, -0.1) is 0 Å². The summed E-state index contributed by atoms with van der Waals surface area (Å²) in [7, 11) is 0. The average Bonchev–Trinajstić information content (AvgIpc) is 2.51. The van der Waals surface area contributed by atoms with Crippen molar-refractivity contribution in [3.05, 3.63) is 28.2 Å². The van der Waals surface area contributed by atoms with Crippen LogP contribution in [0.2, 0.25) is 0 Å². The summed E-state index contributed by atoms with van der Waals surface area (Å²) in [6.07, 6.45) is 0.412. The number of rotatable bonds is 6. The van der Waals surface area contributed by atoms with Crippen molar-refractivity contribution in [1.29, 1.82) is 0 Å². The molecule has 1 atom stereocenters. The number of aromatic nitrogens is 2. The standard InChI is InChI=1S/C17H26N4O5/c1-6-7-10-21-13(22)9-8-12(20-21)15(24)26-11(2)14(23)18-16(25)19-17(3,4)5/h8-9,11H,6-7,10H2,1-5H3,(H2,18,19,23,25)/t11-/m0/s1. The first-order valence-electron chi connectivity index (χ1n) is 8.45. The van der Waals surface area contributed by atoms with E-state index in [0.29, 0.717) is 6.54 Å². The molecule has 0 bridgehead atoms. The van der Waals surface area contributed by atoms with E-state index in [9.17, 15) is 19.2 Å². The topological polar surface area (TPSA) is 119 Å². The summed E-state index contributed by atoms with van der Waals surface area (Å²) in [5, 5.41) is 8.61. The molecule has 0 unspecified atom stereocenters. The molecule has 1 aromatic heterocycles. The smallest absolute Gasteiger partial charge is 0.359 e. The molecule has 1 heterocycles. The summed E-state index contributed by atoms with van der Waals surface area (Å²) in [5.74, 6) is -1.62. The van der Waals surface area contributed by atoms with E-state index in [1.165, 1.54) is 23.7 Å². The van der Waals surface area contributed by atoms with Gasteiger partial charge in [0.2, 0.25) is 0 Å². The molecule has 0 saturated heterocycles. The Hall–Kier alpha value is -2.71. The van der Waals surface area contributed by atoms with Gasteiger partial charge >= 0.3 is 12.0 Å². The van der Waals surface area contributed by atoms with E-state index < -0.39 is 29.6 Å². The van der Waals surface area contributed by atoms with Gasteiger partial charge in [-0.3, -0.25) is 14.9 Å². The fourth-order valence-corrected chi connectivity index (χ4v) is 1.89. The van der Waals surface area contributed by atoms with Crippen LogP contribution in [0.5, 0.6) is 0 Å². The lowest BCUT2D eigenvalue weighted by Gasteiger charge is -2.21. The number of unbranched alkanes of at least 4 members (excludes halogenated alkanes) is 1. The van der Waals surface area contributed by atoms with Gasteiger partial charge in [0.15, 0.2) is 11.8 Å². The normalized spacial score (nSPS) is 12.2. The van der Waals surface area contributed by atoms with Crippen molar-refractivity contribution in [3.63, 3.8) is 0 Å². The lowest BCUT2D eigenvalue weighted by atomic mass is 10.1. The highest BCUT2D eigenvalue weighted by Crippen LogP contribution is 2.02. The first kappa shape index (κ1) is 21.3. The lowest BCUT2D eigenvalue weighted by molar-refractivity contribution is -0.127. The van der Waals surface area contributed by atoms with Gasteiger partial charge in [0.1, 0.15) is 0 Å². The highest BCUT2D eigenvalue weighted by molar-refractivity contribution is 5.98. The fraction of sp³-hybridized carbons (Fsp3) is 0.588. The quantitative estimate of drug-likeness (QED) is 0.731. The molecule has 1 rings (SSSR count). The Kier molecular flexibility index (Phi) is 7.48. The predicted molar refractivity (Wildman–Crippen MR) is 94.7 cm³/mol. The summed E-state index contributed by atoms with van der Waals surface area (Å²) in [5.41, 5.74) is -0.917. The van der Waals surface area contributed by atoms with Crippen LogP contribution in [0.15, 0.2) is 16.9 Å². The van der Waals surface area contributed by atoms with Gasteiger partial charge in [-0.05, 0) is 40.2 Å². The Balaban J connectivity index is 2.70. The highest BCUT2D eigenvalue weighted by atomic mass is 16.5. The Morgan fingerprint density at radius 2 is 1.92 bits per heavy atom. The maximum absolute atomic E-state index is 12.1. The Labute approximate surface area is 152 Å². The molecule has 0 fully saturated rings. The number of aryl methyl sites for hydroxylation is 1. The van der Waals surface area contributed by atoms with Crippen LogP contribution in [0.25, 0.3) is 0 Å². The molecule has 144 valence electrons. The molecule has 2 N–H and O–H groups in total. The van der Waals surface area contributed by atoms with Gasteiger partial charge < -0.3 is 10.1 Å². The van der Waals surface area contributed by atoms with Crippen molar-refractivity contribution in [2.45, 2.75) is 65.6 Å². The van der Waals surface area contributed by atoms with Gasteiger partial charge in [-0.2, -0.15) is 5.10 Å². The SMILES string of the molecule is CCCCn1nc(C(=O)O[C@@H](C)C(=O)NC(=O)NC(C)(C)C)ccc1=O. The number of hydrogen-bond acceptors (Lipinski definition) is 6. The van der Waals surface area contributed by atoms with Crippen molar-refractivity contribution in [2.24, 2.45) is 0 Å². The Morgan fingerprint density at radius 1 is 1.27 bits per heavy atom. The monoisotopic (exact) mass is 366 g/mol. The van der Waals surface area contributed by atoms with Crippen LogP contribution in [-0.4, -0.2) is 39.3 Å². The highest BCUT2D eigenvalue weighted by Gasteiger charge is 2.23. The number of hydrogen-bond donors (Lipinski definition) is 2. The van der Waals surface area contributed by atoms with Crippen molar-refractivity contribution < 1.29 is 19.1 Å². The van der Waals surface area contributed by atoms with Gasteiger partial charge in [0.25, 0.3) is 11.5 Å². The first-order chi connectivity index (χ1) is 12.0. The zero-order chi connectivity index (χ0) is 19.9. The second-order valence-electron chi connectivity index (χ2n) is 6.87. The first-order valence-corrected chi connectivity index (χ1v) is 8.45. The van der Waals surface area contributed by atoms with Crippen molar-refractivity contribution in [2.75, 3.05) is 0 Å². The van der Waals surface area contributed by atoms with Gasteiger partial charge in [-0.25, -0.2) is 14.3 Å². The van der Waals surface area contributed by atoms with Crippen LogP contribution < -0.4 is 16.2 Å². The molecule has 0 aliphatic heterocycles. The van der Waals surface area contributed by atoms with Crippen LogP contribution in [0.3, 0.4) is 0 Å². The Bertz CT molecular complexity index is 721. The van der Waals surface area contributed by atoms with Crippen molar-refractivity contribution in [3.8, 4) is 0 Å². The van der Waals surface area contributed by atoms with E-state index >= 15 is 0 Å². The van der Waals surface area contributed by atoms with Crippen LogP contribution in [0, 0.1) is 0 Å². The molecule has 0 aliphatic rings. The zero-order valence-electron chi connectivity index (χ0n) is 15.8. The van der Waals surface area contributed by atoms with E-state index in [0.717, 1.165) is 12.8 Å². The molecule has 0 spiro atoms. The molecule has 3 amide bonds. The van der Waals surface area contributed by atoms with Gasteiger partial charge in [0, 0.05) is 18.2 Å². The third-order valence-corrected chi connectivity index (χ3v) is 3.18. The molecule has 0 radical (unpaired) electrons. The van der Waals surface area contributed by atoms with E-state index in [2.05, 4.69) is 15.7 Å². The number of nitrogens with one attached hydrogen (secondary N) is 2. The lowest BCUT2D eigenvalue weighted by Crippen LogP contribution is -2.50. The number of carbonyl (C=O) groups is 3. The Morgan fingerprint density at radius 3 is 2.50 bits per heavy atom.